The van der Waals surface area contributed by atoms with Crippen LogP contribution in [0, 0.1) is 13.8 Å². The van der Waals surface area contributed by atoms with Crippen LogP contribution in [0.25, 0.3) is 11.2 Å². The van der Waals surface area contributed by atoms with Gasteiger partial charge in [-0.15, -0.1) is 0 Å². The molecule has 11 heteroatoms. The summed E-state index contributed by atoms with van der Waals surface area (Å²) >= 11 is 0. The van der Waals surface area contributed by atoms with Crippen LogP contribution >= 0.6 is 0 Å². The Morgan fingerprint density at radius 2 is 1.72 bits per heavy atom. The largest absolute Gasteiger partial charge is 0.378 e. The first-order valence-electron chi connectivity index (χ1n) is 10.7. The van der Waals surface area contributed by atoms with Gasteiger partial charge in [0.25, 0.3) is 5.92 Å². The van der Waals surface area contributed by atoms with Gasteiger partial charge in [-0.25, -0.2) is 18.7 Å². The molecule has 0 aromatic carbocycles. The molecule has 0 spiro atoms. The highest BCUT2D eigenvalue weighted by Gasteiger charge is 2.37. The van der Waals surface area contributed by atoms with Crippen LogP contribution < -0.4 is 9.80 Å². The van der Waals surface area contributed by atoms with Gasteiger partial charge in [0.15, 0.2) is 17.0 Å². The molecule has 5 heterocycles. The Labute approximate surface area is 185 Å². The van der Waals surface area contributed by atoms with Crippen LogP contribution in [0.4, 0.5) is 20.5 Å². The minimum absolute atomic E-state index is 0.0906. The summed E-state index contributed by atoms with van der Waals surface area (Å²) in [5.41, 5.74) is 2.47. The SMILES string of the molecule is Cc1nc2nc(N3CCOCC3)nc(N3CCCC(F)(F)C3)c2nc1C.Cn1cccn1. The van der Waals surface area contributed by atoms with E-state index in [2.05, 4.69) is 25.0 Å². The maximum absolute atomic E-state index is 14.0. The van der Waals surface area contributed by atoms with Gasteiger partial charge in [0.1, 0.15) is 0 Å². The third-order valence-electron chi connectivity index (χ3n) is 5.54. The highest BCUT2D eigenvalue weighted by Crippen LogP contribution is 2.32. The van der Waals surface area contributed by atoms with Gasteiger partial charge >= 0.3 is 0 Å². The Morgan fingerprint density at radius 3 is 2.34 bits per heavy atom. The lowest BCUT2D eigenvalue weighted by Gasteiger charge is -2.34. The molecule has 0 atom stereocenters. The standard InChI is InChI=1S/C17H22F2N6O.C4H6N2/c1-11-12(2)21-14-13(20-11)15(25-5-3-4-17(18,19)10-25)23-16(22-14)24-6-8-26-9-7-24;1-6-4-2-3-5-6/h3-10H2,1-2H3;2-4H,1H3. The predicted molar refractivity (Wildman–Crippen MR) is 117 cm³/mol. The summed E-state index contributed by atoms with van der Waals surface area (Å²) in [6.45, 7) is 6.42. The second-order valence-corrected chi connectivity index (χ2v) is 8.07. The first-order valence-corrected chi connectivity index (χ1v) is 10.7. The molecule has 2 aliphatic rings. The van der Waals surface area contributed by atoms with Crippen molar-refractivity contribution in [1.82, 2.24) is 29.7 Å². The molecule has 5 rings (SSSR count). The van der Waals surface area contributed by atoms with Crippen LogP contribution in [-0.4, -0.2) is 75.0 Å². The number of hydrogen-bond donors (Lipinski definition) is 0. The Kier molecular flexibility index (Phi) is 6.45. The molecule has 0 radical (unpaired) electrons. The second-order valence-electron chi connectivity index (χ2n) is 8.07. The van der Waals surface area contributed by atoms with Gasteiger partial charge < -0.3 is 14.5 Å². The van der Waals surface area contributed by atoms with Crippen molar-refractivity contribution in [3.8, 4) is 0 Å². The Bertz CT molecular complexity index is 1050. The number of alkyl halides is 2. The van der Waals surface area contributed by atoms with Gasteiger partial charge in [-0.05, 0) is 26.3 Å². The first kappa shape index (κ1) is 22.3. The van der Waals surface area contributed by atoms with Gasteiger partial charge in [-0.2, -0.15) is 15.1 Å². The van der Waals surface area contributed by atoms with Crippen molar-refractivity contribution < 1.29 is 13.5 Å². The Morgan fingerprint density at radius 1 is 0.969 bits per heavy atom. The summed E-state index contributed by atoms with van der Waals surface area (Å²) in [5.74, 6) is -1.77. The van der Waals surface area contributed by atoms with E-state index in [1.54, 1.807) is 15.8 Å². The topological polar surface area (TPSA) is 85.1 Å². The average molecular weight is 447 g/mol. The molecule has 0 bridgehead atoms. The zero-order valence-electron chi connectivity index (χ0n) is 18.6. The molecule has 3 aromatic heterocycles. The number of hydrogen-bond acceptors (Lipinski definition) is 8. The fourth-order valence-corrected chi connectivity index (χ4v) is 3.70. The van der Waals surface area contributed by atoms with Gasteiger partial charge in [-0.1, -0.05) is 0 Å². The first-order chi connectivity index (χ1) is 15.3. The van der Waals surface area contributed by atoms with Crippen molar-refractivity contribution in [1.29, 1.82) is 0 Å². The number of ether oxygens (including phenoxy) is 1. The summed E-state index contributed by atoms with van der Waals surface area (Å²) < 4.78 is 35.1. The summed E-state index contributed by atoms with van der Waals surface area (Å²) in [7, 11) is 1.89. The number of piperidine rings is 1. The molecule has 2 saturated heterocycles. The monoisotopic (exact) mass is 446 g/mol. The predicted octanol–water partition coefficient (Wildman–Crippen LogP) is 2.53. The molecule has 2 aliphatic heterocycles. The molecule has 172 valence electrons. The molecule has 9 nitrogen and oxygen atoms in total. The average Bonchev–Trinajstić information content (AvgIpc) is 3.25. The van der Waals surface area contributed by atoms with Crippen LogP contribution in [-0.2, 0) is 11.8 Å². The number of halogens is 2. The molecule has 32 heavy (non-hydrogen) atoms. The lowest BCUT2D eigenvalue weighted by Crippen LogP contribution is -2.43. The lowest BCUT2D eigenvalue weighted by atomic mass is 10.1. The highest BCUT2D eigenvalue weighted by atomic mass is 19.3. The second kappa shape index (κ2) is 9.27. The van der Waals surface area contributed by atoms with Gasteiger partial charge in [0.05, 0.1) is 31.1 Å². The fraction of sp³-hybridized carbons (Fsp3) is 0.571. The van der Waals surface area contributed by atoms with Crippen molar-refractivity contribution in [2.75, 3.05) is 49.2 Å². The summed E-state index contributed by atoms with van der Waals surface area (Å²) in [6, 6.07) is 1.89. The van der Waals surface area contributed by atoms with E-state index in [9.17, 15) is 8.78 Å². The fourth-order valence-electron chi connectivity index (χ4n) is 3.70. The van der Waals surface area contributed by atoms with Gasteiger partial charge in [0, 0.05) is 45.5 Å². The zero-order valence-corrected chi connectivity index (χ0v) is 18.6. The Balaban J connectivity index is 0.000000354. The van der Waals surface area contributed by atoms with E-state index in [0.29, 0.717) is 62.2 Å². The molecule has 3 aromatic rings. The minimum atomic E-state index is -2.72. The van der Waals surface area contributed by atoms with Crippen LogP contribution in [0.2, 0.25) is 0 Å². The van der Waals surface area contributed by atoms with E-state index < -0.39 is 5.92 Å². The summed E-state index contributed by atoms with van der Waals surface area (Å²) in [4.78, 5) is 21.9. The van der Waals surface area contributed by atoms with Crippen molar-refractivity contribution in [2.24, 2.45) is 7.05 Å². The number of anilines is 2. The molecule has 0 unspecified atom stereocenters. The molecule has 0 saturated carbocycles. The van der Waals surface area contributed by atoms with Crippen molar-refractivity contribution >= 4 is 22.9 Å². The van der Waals surface area contributed by atoms with Crippen molar-refractivity contribution in [3.05, 3.63) is 29.8 Å². The number of nitrogens with zero attached hydrogens (tertiary/aromatic N) is 8. The quantitative estimate of drug-likeness (QED) is 0.594. The van der Waals surface area contributed by atoms with Crippen LogP contribution in [0.3, 0.4) is 0 Å². The number of morpholine rings is 1. The third-order valence-corrected chi connectivity index (χ3v) is 5.54. The lowest BCUT2D eigenvalue weighted by molar-refractivity contribution is -0.0118. The molecular weight excluding hydrogens is 418 g/mol. The summed E-state index contributed by atoms with van der Waals surface area (Å²) in [5, 5.41) is 3.83. The van der Waals surface area contributed by atoms with Crippen molar-refractivity contribution in [3.63, 3.8) is 0 Å². The van der Waals surface area contributed by atoms with E-state index in [1.165, 1.54) is 0 Å². The molecule has 0 aliphatic carbocycles. The smallest absolute Gasteiger partial charge is 0.265 e. The van der Waals surface area contributed by atoms with E-state index in [1.807, 2.05) is 38.1 Å². The summed E-state index contributed by atoms with van der Waals surface area (Å²) in [6.07, 6.45) is 3.97. The number of aryl methyl sites for hydroxylation is 3. The Hall–Kier alpha value is -2.95. The molecule has 0 N–H and O–H groups in total. The number of fused-ring (bicyclic) bond motifs is 1. The number of aromatic nitrogens is 6. The van der Waals surface area contributed by atoms with E-state index >= 15 is 0 Å². The maximum Gasteiger partial charge on any atom is 0.265 e. The van der Waals surface area contributed by atoms with E-state index in [0.717, 1.165) is 11.4 Å². The van der Waals surface area contributed by atoms with Gasteiger partial charge in [-0.3, -0.25) is 4.68 Å². The van der Waals surface area contributed by atoms with Crippen molar-refractivity contribution in [2.45, 2.75) is 32.6 Å². The van der Waals surface area contributed by atoms with Gasteiger partial charge in [0.2, 0.25) is 5.95 Å². The third kappa shape index (κ3) is 5.09. The minimum Gasteiger partial charge on any atom is -0.378 e. The highest BCUT2D eigenvalue weighted by molar-refractivity contribution is 5.84. The number of rotatable bonds is 2. The van der Waals surface area contributed by atoms with Crippen LogP contribution in [0.1, 0.15) is 24.2 Å². The molecule has 0 amide bonds. The van der Waals surface area contributed by atoms with Crippen LogP contribution in [0.5, 0.6) is 0 Å². The molecule has 2 fully saturated rings. The maximum atomic E-state index is 14.0. The zero-order chi connectivity index (χ0) is 22.7. The van der Waals surface area contributed by atoms with Crippen LogP contribution in [0.15, 0.2) is 18.5 Å². The molecular formula is C21H28F2N8O. The van der Waals surface area contributed by atoms with E-state index in [4.69, 9.17) is 4.74 Å². The van der Waals surface area contributed by atoms with E-state index in [-0.39, 0.29) is 13.0 Å². The normalized spacial score (nSPS) is 18.4.